The van der Waals surface area contributed by atoms with Gasteiger partial charge in [0, 0.05) is 17.7 Å². The number of carbonyl (C=O) groups excluding carboxylic acids is 1. The van der Waals surface area contributed by atoms with Gasteiger partial charge >= 0.3 is 5.97 Å². The third kappa shape index (κ3) is 3.33. The molecule has 1 aromatic heterocycles. The highest BCUT2D eigenvalue weighted by Crippen LogP contribution is 2.35. The molecule has 2 aromatic rings. The first-order valence-corrected chi connectivity index (χ1v) is 7.14. The van der Waals surface area contributed by atoms with Crippen LogP contribution in [-0.2, 0) is 16.1 Å². The molecule has 0 aliphatic heterocycles. The maximum absolute atomic E-state index is 11.8. The summed E-state index contributed by atoms with van der Waals surface area (Å²) in [5, 5.41) is 7.85. The van der Waals surface area contributed by atoms with Gasteiger partial charge in [0.15, 0.2) is 12.4 Å². The Morgan fingerprint density at radius 2 is 2.23 bits per heavy atom. The lowest BCUT2D eigenvalue weighted by Crippen LogP contribution is -2.07. The largest absolute Gasteiger partial charge is 0.496 e. The summed E-state index contributed by atoms with van der Waals surface area (Å²) in [6.07, 6.45) is 7.01. The van der Waals surface area contributed by atoms with Crippen LogP contribution in [0.2, 0.25) is 0 Å². The molecule has 0 N–H and O–H groups in total. The van der Waals surface area contributed by atoms with Crippen molar-refractivity contribution in [1.29, 1.82) is 0 Å². The van der Waals surface area contributed by atoms with Crippen LogP contribution < -0.4 is 4.74 Å². The Balaban J connectivity index is 1.58. The molecule has 1 saturated carbocycles. The predicted molar refractivity (Wildman–Crippen MR) is 80.1 cm³/mol. The average Bonchev–Trinajstić information content (AvgIpc) is 3.29. The van der Waals surface area contributed by atoms with Gasteiger partial charge in [-0.25, -0.2) is 4.79 Å². The molecule has 3 rings (SSSR count). The second kappa shape index (κ2) is 6.43. The predicted octanol–water partition coefficient (Wildman–Crippen LogP) is 2.38. The molecule has 1 fully saturated rings. The number of esters is 1. The fourth-order valence-electron chi connectivity index (χ4n) is 2.17. The van der Waals surface area contributed by atoms with Gasteiger partial charge in [0.05, 0.1) is 7.11 Å². The molecule has 0 bridgehead atoms. The molecule has 6 heteroatoms. The highest BCUT2D eigenvalue weighted by molar-refractivity contribution is 5.87. The number of benzene rings is 1. The van der Waals surface area contributed by atoms with E-state index in [1.54, 1.807) is 19.5 Å². The molecule has 0 unspecified atom stereocenters. The molecule has 1 aromatic carbocycles. The van der Waals surface area contributed by atoms with Crippen molar-refractivity contribution in [3.63, 3.8) is 0 Å². The number of rotatable bonds is 6. The molecule has 1 heterocycles. The minimum atomic E-state index is -0.420. The van der Waals surface area contributed by atoms with Crippen LogP contribution >= 0.6 is 0 Å². The van der Waals surface area contributed by atoms with Gasteiger partial charge in [-0.3, -0.25) is 0 Å². The average molecular weight is 299 g/mol. The van der Waals surface area contributed by atoms with E-state index in [0.29, 0.717) is 17.6 Å². The Bertz CT molecular complexity index is 689. The number of hydrogen-bond donors (Lipinski definition) is 0. The van der Waals surface area contributed by atoms with E-state index in [2.05, 4.69) is 10.2 Å². The molecular formula is C16H17N3O3. The van der Waals surface area contributed by atoms with Crippen LogP contribution in [0.1, 0.15) is 30.3 Å². The Hall–Kier alpha value is -2.63. The van der Waals surface area contributed by atoms with Crippen LogP contribution in [0.25, 0.3) is 6.08 Å². The molecule has 0 radical (unpaired) electrons. The number of para-hydroxylation sites is 1. The van der Waals surface area contributed by atoms with E-state index >= 15 is 0 Å². The van der Waals surface area contributed by atoms with Crippen molar-refractivity contribution < 1.29 is 14.3 Å². The number of carbonyl (C=O) groups is 1. The van der Waals surface area contributed by atoms with Crippen molar-refractivity contribution in [2.45, 2.75) is 25.5 Å². The zero-order valence-electron chi connectivity index (χ0n) is 12.3. The van der Waals surface area contributed by atoms with Crippen molar-refractivity contribution in [3.05, 3.63) is 48.1 Å². The van der Waals surface area contributed by atoms with Gasteiger partial charge in [0.2, 0.25) is 0 Å². The molecule has 6 nitrogen and oxygen atoms in total. The van der Waals surface area contributed by atoms with E-state index in [9.17, 15) is 4.79 Å². The van der Waals surface area contributed by atoms with Crippen molar-refractivity contribution in [2.24, 2.45) is 0 Å². The molecule has 0 atom stereocenters. The maximum atomic E-state index is 11.8. The van der Waals surface area contributed by atoms with Crippen LogP contribution in [0, 0.1) is 0 Å². The Labute approximate surface area is 128 Å². The number of hydrogen-bond acceptors (Lipinski definition) is 5. The molecular weight excluding hydrogens is 282 g/mol. The molecule has 0 saturated heterocycles. The van der Waals surface area contributed by atoms with E-state index in [1.165, 1.54) is 6.08 Å². The second-order valence-corrected chi connectivity index (χ2v) is 5.07. The third-order valence-corrected chi connectivity index (χ3v) is 3.47. The monoisotopic (exact) mass is 299 g/mol. The minimum absolute atomic E-state index is 0.131. The quantitative estimate of drug-likeness (QED) is 0.605. The summed E-state index contributed by atoms with van der Waals surface area (Å²) in [6.45, 7) is 0.131. The van der Waals surface area contributed by atoms with Crippen molar-refractivity contribution in [2.75, 3.05) is 7.11 Å². The fourth-order valence-corrected chi connectivity index (χ4v) is 2.17. The Morgan fingerprint density at radius 1 is 1.41 bits per heavy atom. The lowest BCUT2D eigenvalue weighted by Gasteiger charge is -2.05. The van der Waals surface area contributed by atoms with Crippen LogP contribution in [0.15, 0.2) is 36.7 Å². The Kier molecular flexibility index (Phi) is 4.18. The Morgan fingerprint density at radius 3 is 3.00 bits per heavy atom. The van der Waals surface area contributed by atoms with E-state index in [-0.39, 0.29) is 6.61 Å². The summed E-state index contributed by atoms with van der Waals surface area (Å²) >= 11 is 0. The molecule has 1 aliphatic carbocycles. The number of ether oxygens (including phenoxy) is 2. The van der Waals surface area contributed by atoms with Gasteiger partial charge in [-0.15, -0.1) is 10.2 Å². The standard InChI is InChI=1S/C16H17N3O3/c1-21-14-5-3-2-4-12(14)6-9-16(20)22-10-15-18-17-11-19(15)13-7-8-13/h2-6,9,11,13H,7-8,10H2,1H3/b9-6+. The highest BCUT2D eigenvalue weighted by Gasteiger charge is 2.26. The smallest absolute Gasteiger partial charge is 0.331 e. The lowest BCUT2D eigenvalue weighted by molar-refractivity contribution is -0.139. The maximum Gasteiger partial charge on any atom is 0.331 e. The first-order chi connectivity index (χ1) is 10.8. The zero-order chi connectivity index (χ0) is 15.4. The van der Waals surface area contributed by atoms with Crippen LogP contribution in [-0.4, -0.2) is 27.8 Å². The van der Waals surface area contributed by atoms with E-state index in [1.807, 2.05) is 28.8 Å². The van der Waals surface area contributed by atoms with Crippen LogP contribution in [0.4, 0.5) is 0 Å². The summed E-state index contributed by atoms with van der Waals surface area (Å²) in [4.78, 5) is 11.8. The minimum Gasteiger partial charge on any atom is -0.496 e. The van der Waals surface area contributed by atoms with Gasteiger partial charge < -0.3 is 14.0 Å². The lowest BCUT2D eigenvalue weighted by atomic mass is 10.2. The molecule has 1 aliphatic rings. The van der Waals surface area contributed by atoms with Crippen LogP contribution in [0.3, 0.4) is 0 Å². The topological polar surface area (TPSA) is 66.2 Å². The van der Waals surface area contributed by atoms with Crippen LogP contribution in [0.5, 0.6) is 5.75 Å². The second-order valence-electron chi connectivity index (χ2n) is 5.07. The number of aromatic nitrogens is 3. The SMILES string of the molecule is COc1ccccc1/C=C/C(=O)OCc1nncn1C1CC1. The summed E-state index contributed by atoms with van der Waals surface area (Å²) in [5.41, 5.74) is 0.822. The first-order valence-electron chi connectivity index (χ1n) is 7.14. The summed E-state index contributed by atoms with van der Waals surface area (Å²) in [5.74, 6) is 0.970. The molecule has 0 amide bonds. The van der Waals surface area contributed by atoms with Gasteiger partial charge in [-0.1, -0.05) is 18.2 Å². The van der Waals surface area contributed by atoms with Gasteiger partial charge in [-0.05, 0) is 25.0 Å². The van der Waals surface area contributed by atoms with Gasteiger partial charge in [0.25, 0.3) is 0 Å². The number of nitrogens with zero attached hydrogens (tertiary/aromatic N) is 3. The van der Waals surface area contributed by atoms with Gasteiger partial charge in [0.1, 0.15) is 12.1 Å². The fraction of sp³-hybridized carbons (Fsp3) is 0.312. The molecule has 0 spiro atoms. The van der Waals surface area contributed by atoms with E-state index < -0.39 is 5.97 Å². The number of methoxy groups -OCH3 is 1. The normalized spacial score (nSPS) is 14.2. The van der Waals surface area contributed by atoms with E-state index in [0.717, 1.165) is 18.4 Å². The highest BCUT2D eigenvalue weighted by atomic mass is 16.5. The first kappa shape index (κ1) is 14.3. The molecule has 22 heavy (non-hydrogen) atoms. The third-order valence-electron chi connectivity index (χ3n) is 3.47. The zero-order valence-corrected chi connectivity index (χ0v) is 12.3. The van der Waals surface area contributed by atoms with Crippen molar-refractivity contribution in [1.82, 2.24) is 14.8 Å². The van der Waals surface area contributed by atoms with Crippen molar-refractivity contribution in [3.8, 4) is 5.75 Å². The van der Waals surface area contributed by atoms with Gasteiger partial charge in [-0.2, -0.15) is 0 Å². The van der Waals surface area contributed by atoms with Crippen molar-refractivity contribution >= 4 is 12.0 Å². The molecule has 114 valence electrons. The van der Waals surface area contributed by atoms with E-state index in [4.69, 9.17) is 9.47 Å². The summed E-state index contributed by atoms with van der Waals surface area (Å²) < 4.78 is 12.4. The summed E-state index contributed by atoms with van der Waals surface area (Å²) in [7, 11) is 1.59. The summed E-state index contributed by atoms with van der Waals surface area (Å²) in [6, 6.07) is 7.92.